The third-order valence-electron chi connectivity index (χ3n) is 4.59. The minimum Gasteiger partial charge on any atom is -0.298 e. The SMILES string of the molecule is CC(C)(C)C1CCc2nc(NC(=O)/C=C/c3ccc([N+](=O)[O-])s3)sc2C1. The van der Waals surface area contributed by atoms with Crippen LogP contribution in [-0.2, 0) is 17.6 Å². The number of amides is 1. The van der Waals surface area contributed by atoms with Gasteiger partial charge in [0.15, 0.2) is 5.13 Å². The van der Waals surface area contributed by atoms with Crippen molar-refractivity contribution in [2.45, 2.75) is 40.0 Å². The topological polar surface area (TPSA) is 85.1 Å². The summed E-state index contributed by atoms with van der Waals surface area (Å²) < 4.78 is 0. The highest BCUT2D eigenvalue weighted by molar-refractivity contribution is 7.16. The molecule has 0 bridgehead atoms. The largest absolute Gasteiger partial charge is 0.324 e. The van der Waals surface area contributed by atoms with Crippen molar-refractivity contribution in [1.82, 2.24) is 4.98 Å². The van der Waals surface area contributed by atoms with Gasteiger partial charge >= 0.3 is 5.00 Å². The first-order chi connectivity index (χ1) is 12.2. The maximum Gasteiger partial charge on any atom is 0.324 e. The average molecular weight is 392 g/mol. The summed E-state index contributed by atoms with van der Waals surface area (Å²) in [5, 5.41) is 14.2. The summed E-state index contributed by atoms with van der Waals surface area (Å²) in [5.41, 5.74) is 1.38. The molecule has 0 fully saturated rings. The molecule has 138 valence electrons. The van der Waals surface area contributed by atoms with E-state index >= 15 is 0 Å². The minimum atomic E-state index is -0.437. The molecule has 0 spiro atoms. The summed E-state index contributed by atoms with van der Waals surface area (Å²) in [6.45, 7) is 6.81. The van der Waals surface area contributed by atoms with Gasteiger partial charge in [-0.25, -0.2) is 4.98 Å². The van der Waals surface area contributed by atoms with E-state index in [0.717, 1.165) is 36.3 Å². The van der Waals surface area contributed by atoms with E-state index in [4.69, 9.17) is 0 Å². The lowest BCUT2D eigenvalue weighted by atomic mass is 9.73. The maximum absolute atomic E-state index is 12.1. The van der Waals surface area contributed by atoms with Crippen molar-refractivity contribution >= 4 is 44.8 Å². The van der Waals surface area contributed by atoms with Crippen LogP contribution in [0, 0.1) is 21.4 Å². The second kappa shape index (κ2) is 7.28. The van der Waals surface area contributed by atoms with Crippen LogP contribution in [0.1, 0.15) is 42.6 Å². The number of aryl methyl sites for hydroxylation is 1. The number of nitrogens with zero attached hydrogens (tertiary/aromatic N) is 2. The van der Waals surface area contributed by atoms with E-state index in [-0.39, 0.29) is 16.3 Å². The molecule has 0 radical (unpaired) electrons. The van der Waals surface area contributed by atoms with Gasteiger partial charge < -0.3 is 0 Å². The highest BCUT2D eigenvalue weighted by atomic mass is 32.1. The Bertz CT molecular complexity index is 861. The van der Waals surface area contributed by atoms with Gasteiger partial charge in [-0.05, 0) is 42.7 Å². The van der Waals surface area contributed by atoms with Crippen molar-refractivity contribution in [2.24, 2.45) is 11.3 Å². The van der Waals surface area contributed by atoms with Crippen LogP contribution in [-0.4, -0.2) is 15.8 Å². The summed E-state index contributed by atoms with van der Waals surface area (Å²) >= 11 is 2.58. The highest BCUT2D eigenvalue weighted by Crippen LogP contribution is 2.40. The van der Waals surface area contributed by atoms with E-state index < -0.39 is 4.92 Å². The van der Waals surface area contributed by atoms with Crippen molar-refractivity contribution in [3.05, 3.63) is 43.8 Å². The summed E-state index contributed by atoms with van der Waals surface area (Å²) in [5.74, 6) is 0.355. The van der Waals surface area contributed by atoms with Gasteiger partial charge in [0.25, 0.3) is 0 Å². The van der Waals surface area contributed by atoms with Gasteiger partial charge in [0.2, 0.25) is 5.91 Å². The Hall–Kier alpha value is -2.06. The Labute approximate surface area is 160 Å². The first-order valence-corrected chi connectivity index (χ1v) is 10.1. The van der Waals surface area contributed by atoms with E-state index in [1.807, 2.05) is 0 Å². The molecule has 0 saturated heterocycles. The zero-order valence-electron chi connectivity index (χ0n) is 14.9. The first-order valence-electron chi connectivity index (χ1n) is 8.44. The van der Waals surface area contributed by atoms with Crippen molar-refractivity contribution in [3.63, 3.8) is 0 Å². The number of fused-ring (bicyclic) bond motifs is 1. The summed E-state index contributed by atoms with van der Waals surface area (Å²) in [7, 11) is 0. The number of hydrogen-bond acceptors (Lipinski definition) is 6. The van der Waals surface area contributed by atoms with Crippen molar-refractivity contribution < 1.29 is 9.72 Å². The van der Waals surface area contributed by atoms with Gasteiger partial charge in [-0.15, -0.1) is 11.3 Å². The molecule has 2 heterocycles. The molecule has 0 saturated carbocycles. The van der Waals surface area contributed by atoms with E-state index in [1.165, 1.54) is 17.0 Å². The fraction of sp³-hybridized carbons (Fsp3) is 0.444. The van der Waals surface area contributed by atoms with Crippen LogP contribution in [0.5, 0.6) is 0 Å². The number of nitro groups is 1. The van der Waals surface area contributed by atoms with Gasteiger partial charge in [-0.3, -0.25) is 20.2 Å². The predicted molar refractivity (Wildman–Crippen MR) is 106 cm³/mol. The normalized spacial score (nSPS) is 17.3. The fourth-order valence-corrected chi connectivity index (χ4v) is 4.82. The summed E-state index contributed by atoms with van der Waals surface area (Å²) in [6, 6.07) is 3.06. The van der Waals surface area contributed by atoms with E-state index in [2.05, 4.69) is 31.1 Å². The molecule has 2 aromatic rings. The number of nitrogens with one attached hydrogen (secondary N) is 1. The van der Waals surface area contributed by atoms with Gasteiger partial charge in [-0.2, -0.15) is 0 Å². The predicted octanol–water partition coefficient (Wildman–Crippen LogP) is 4.92. The quantitative estimate of drug-likeness (QED) is 0.455. The number of hydrogen-bond donors (Lipinski definition) is 1. The monoisotopic (exact) mass is 391 g/mol. The molecule has 26 heavy (non-hydrogen) atoms. The molecule has 1 atom stereocenters. The van der Waals surface area contributed by atoms with E-state index in [1.54, 1.807) is 23.5 Å². The van der Waals surface area contributed by atoms with Crippen molar-refractivity contribution in [2.75, 3.05) is 5.32 Å². The number of thiophene rings is 1. The molecular weight excluding hydrogens is 370 g/mol. The Balaban J connectivity index is 1.63. The fourth-order valence-electron chi connectivity index (χ4n) is 3.00. The Kier molecular flexibility index (Phi) is 5.24. The zero-order chi connectivity index (χ0) is 18.9. The van der Waals surface area contributed by atoms with Crippen LogP contribution in [0.15, 0.2) is 18.2 Å². The summed E-state index contributed by atoms with van der Waals surface area (Å²) in [4.78, 5) is 28.8. The molecule has 1 N–H and O–H groups in total. The number of anilines is 1. The number of aromatic nitrogens is 1. The van der Waals surface area contributed by atoms with E-state index in [9.17, 15) is 14.9 Å². The van der Waals surface area contributed by atoms with Crippen LogP contribution < -0.4 is 5.32 Å². The zero-order valence-corrected chi connectivity index (χ0v) is 16.6. The third kappa shape index (κ3) is 4.37. The molecule has 1 aliphatic rings. The maximum atomic E-state index is 12.1. The van der Waals surface area contributed by atoms with Gasteiger partial charge in [0.1, 0.15) is 0 Å². The van der Waals surface area contributed by atoms with E-state index in [0.29, 0.717) is 15.9 Å². The number of rotatable bonds is 4. The van der Waals surface area contributed by atoms with Gasteiger partial charge in [-0.1, -0.05) is 32.1 Å². The molecule has 8 heteroatoms. The van der Waals surface area contributed by atoms with Gasteiger partial charge in [0.05, 0.1) is 10.6 Å². The average Bonchev–Trinajstić information content (AvgIpc) is 3.17. The van der Waals surface area contributed by atoms with Crippen LogP contribution in [0.2, 0.25) is 0 Å². The molecule has 3 rings (SSSR count). The van der Waals surface area contributed by atoms with Gasteiger partial charge in [0, 0.05) is 21.9 Å². The number of carbonyl (C=O) groups excluding carboxylic acids is 1. The smallest absolute Gasteiger partial charge is 0.298 e. The molecule has 1 amide bonds. The van der Waals surface area contributed by atoms with Crippen LogP contribution in [0.25, 0.3) is 6.08 Å². The Morgan fingerprint density at radius 3 is 2.81 bits per heavy atom. The first kappa shape index (κ1) is 18.7. The molecule has 2 aromatic heterocycles. The standard InChI is InChI=1S/C18H21N3O3S2/c1-18(2,3)11-4-7-13-14(10-11)26-17(19-13)20-15(22)8-5-12-6-9-16(25-12)21(23)24/h5-6,8-9,11H,4,7,10H2,1-3H3,(H,19,20,22)/b8-5+. The highest BCUT2D eigenvalue weighted by Gasteiger charge is 2.30. The third-order valence-corrected chi connectivity index (χ3v) is 6.62. The number of carbonyl (C=O) groups is 1. The lowest BCUT2D eigenvalue weighted by molar-refractivity contribution is -0.380. The van der Waals surface area contributed by atoms with Crippen molar-refractivity contribution in [1.29, 1.82) is 0 Å². The molecule has 1 aliphatic carbocycles. The molecule has 1 unspecified atom stereocenters. The minimum absolute atomic E-state index is 0.0612. The molecular formula is C18H21N3O3S2. The molecule has 6 nitrogen and oxygen atoms in total. The summed E-state index contributed by atoms with van der Waals surface area (Å²) in [6.07, 6.45) is 6.06. The molecule has 0 aromatic carbocycles. The Morgan fingerprint density at radius 2 is 2.15 bits per heavy atom. The number of thiazole rings is 1. The molecule has 0 aliphatic heterocycles. The van der Waals surface area contributed by atoms with Crippen LogP contribution in [0.4, 0.5) is 10.1 Å². The Morgan fingerprint density at radius 1 is 1.38 bits per heavy atom. The second-order valence-electron chi connectivity index (χ2n) is 7.45. The second-order valence-corrected chi connectivity index (χ2v) is 9.63. The van der Waals surface area contributed by atoms with Crippen LogP contribution in [0.3, 0.4) is 0 Å². The lowest BCUT2D eigenvalue weighted by Crippen LogP contribution is -2.26. The van der Waals surface area contributed by atoms with Crippen molar-refractivity contribution in [3.8, 4) is 0 Å². The van der Waals surface area contributed by atoms with Crippen LogP contribution >= 0.6 is 22.7 Å². The lowest BCUT2D eigenvalue weighted by Gasteiger charge is -2.33.